The second-order valence-corrected chi connectivity index (χ2v) is 21.2. The van der Waals surface area contributed by atoms with Crippen molar-refractivity contribution in [3.8, 4) is 0 Å². The molecular weight excluding hydrogens is 794 g/mol. The van der Waals surface area contributed by atoms with E-state index >= 15 is 0 Å². The van der Waals surface area contributed by atoms with Crippen LogP contribution in [0.3, 0.4) is 0 Å². The second kappa shape index (κ2) is 16.8. The lowest BCUT2D eigenvalue weighted by Gasteiger charge is -2.59. The molecule has 0 bridgehead atoms. The van der Waals surface area contributed by atoms with Crippen LogP contribution in [0.15, 0.2) is 11.6 Å². The topological polar surface area (TPSA) is 238 Å². The Kier molecular flexibility index (Phi) is 12.4. The highest BCUT2D eigenvalue weighted by Crippen LogP contribution is 2.70. The molecule has 0 aromatic rings. The van der Waals surface area contributed by atoms with E-state index in [0.29, 0.717) is 48.0 Å². The van der Waals surface area contributed by atoms with Crippen molar-refractivity contribution in [2.45, 2.75) is 209 Å². The van der Waals surface area contributed by atoms with E-state index in [0.717, 1.165) is 38.6 Å². The van der Waals surface area contributed by atoms with Crippen molar-refractivity contribution in [3.05, 3.63) is 11.6 Å². The predicted molar refractivity (Wildman–Crippen MR) is 215 cm³/mol. The third kappa shape index (κ3) is 7.52. The number of hydrogen-bond acceptors (Lipinski definition) is 16. The summed E-state index contributed by atoms with van der Waals surface area (Å²) in [5.74, 6) is 3.58. The van der Waals surface area contributed by atoms with Crippen molar-refractivity contribution >= 4 is 0 Å². The Hall–Kier alpha value is -0.900. The summed E-state index contributed by atoms with van der Waals surface area (Å²) in [4.78, 5) is 0. The summed E-state index contributed by atoms with van der Waals surface area (Å²) in [6.07, 6.45) is -8.86. The van der Waals surface area contributed by atoms with Crippen molar-refractivity contribution in [1.29, 1.82) is 0 Å². The van der Waals surface area contributed by atoms with E-state index in [-0.39, 0.29) is 29.3 Å². The van der Waals surface area contributed by atoms with Gasteiger partial charge in [-0.2, -0.15) is 0 Å². The quantitative estimate of drug-likeness (QED) is 0.161. The van der Waals surface area contributed by atoms with Crippen LogP contribution in [0.4, 0.5) is 0 Å². The van der Waals surface area contributed by atoms with Crippen molar-refractivity contribution < 1.29 is 74.0 Å². The molecule has 5 aliphatic heterocycles. The maximum atomic E-state index is 11.0. The number of aliphatic hydroxyl groups excluding tert-OH is 8. The molecule has 5 saturated heterocycles. The number of aliphatic hydroxyl groups is 8. The van der Waals surface area contributed by atoms with Crippen LogP contribution in [-0.4, -0.2) is 164 Å². The molecule has 0 amide bonds. The molecule has 9 N–H and O–H groups in total. The first-order valence-corrected chi connectivity index (χ1v) is 23.3. The standard InChI is InChI=1S/C45H73NO15/c1-19-9-14-45(46-17-19)20(2)30-28(61-45)16-27-25-8-7-23-15-24(10-12-43(23,5)26(25)11-13-44(27,30)6)58-42-37(53)34(50)32(48)29(59-42)18-55-40-38(54)35(51)39(22(4)57-40)60-41-36(52)33(49)31(47)21(3)56-41/h7,19-22,24-42,46-54H,8-18H2,1-6H3. The van der Waals surface area contributed by atoms with Crippen LogP contribution in [0.5, 0.6) is 0 Å². The van der Waals surface area contributed by atoms with Crippen LogP contribution in [-0.2, 0) is 33.2 Å². The zero-order valence-corrected chi connectivity index (χ0v) is 36.6. The molecule has 16 heteroatoms. The van der Waals surface area contributed by atoms with Crippen LogP contribution in [0.1, 0.15) is 99.3 Å². The van der Waals surface area contributed by atoms with E-state index < -0.39 is 92.1 Å². The van der Waals surface area contributed by atoms with Crippen LogP contribution < -0.4 is 5.32 Å². The normalized spacial score (nSPS) is 58.4. The van der Waals surface area contributed by atoms with Gasteiger partial charge in [0.2, 0.25) is 0 Å². The number of rotatable bonds is 7. The van der Waals surface area contributed by atoms with Gasteiger partial charge >= 0.3 is 0 Å². The molecule has 61 heavy (non-hydrogen) atoms. The lowest BCUT2D eigenvalue weighted by molar-refractivity contribution is -0.359. The molecule has 9 aliphatic rings. The first kappa shape index (κ1) is 45.3. The van der Waals surface area contributed by atoms with Crippen LogP contribution in [0.2, 0.25) is 0 Å². The van der Waals surface area contributed by atoms with Crippen molar-refractivity contribution in [3.63, 3.8) is 0 Å². The van der Waals surface area contributed by atoms with Gasteiger partial charge in [0.1, 0.15) is 66.8 Å². The molecule has 8 fully saturated rings. The number of fused-ring (bicyclic) bond motifs is 7. The van der Waals surface area contributed by atoms with Gasteiger partial charge in [0, 0.05) is 12.5 Å². The summed E-state index contributed by atoms with van der Waals surface area (Å²) in [7, 11) is 0. The fourth-order valence-electron chi connectivity index (χ4n) is 14.1. The van der Waals surface area contributed by atoms with E-state index in [9.17, 15) is 40.9 Å². The molecule has 16 nitrogen and oxygen atoms in total. The van der Waals surface area contributed by atoms with E-state index in [4.69, 9.17) is 33.2 Å². The summed E-state index contributed by atoms with van der Waals surface area (Å²) in [6, 6.07) is 0. The third-order valence-corrected chi connectivity index (χ3v) is 17.8. The number of hydrogen-bond donors (Lipinski definition) is 9. The van der Waals surface area contributed by atoms with Crippen LogP contribution >= 0.6 is 0 Å². The predicted octanol–water partition coefficient (Wildman–Crippen LogP) is 0.815. The smallest absolute Gasteiger partial charge is 0.187 e. The van der Waals surface area contributed by atoms with Gasteiger partial charge in [0.05, 0.1) is 31.0 Å². The van der Waals surface area contributed by atoms with E-state index in [1.807, 2.05) is 0 Å². The Morgan fingerprint density at radius 1 is 0.705 bits per heavy atom. The van der Waals surface area contributed by atoms with Gasteiger partial charge in [-0.1, -0.05) is 39.3 Å². The molecule has 5 heterocycles. The molecule has 26 unspecified atom stereocenters. The Morgan fingerprint density at radius 2 is 1.39 bits per heavy atom. The Bertz CT molecular complexity index is 1600. The fraction of sp³-hybridized carbons (Fsp3) is 0.956. The highest BCUT2D eigenvalue weighted by molar-refractivity contribution is 5.26. The summed E-state index contributed by atoms with van der Waals surface area (Å²) < 4.78 is 42.5. The minimum atomic E-state index is -1.66. The van der Waals surface area contributed by atoms with Crippen LogP contribution in [0, 0.1) is 46.3 Å². The first-order chi connectivity index (χ1) is 28.9. The van der Waals surface area contributed by atoms with E-state index in [2.05, 4.69) is 39.1 Å². The van der Waals surface area contributed by atoms with Crippen molar-refractivity contribution in [2.24, 2.45) is 46.3 Å². The molecule has 0 aromatic carbocycles. The molecule has 1 spiro atoms. The van der Waals surface area contributed by atoms with E-state index in [1.54, 1.807) is 6.92 Å². The summed E-state index contributed by atoms with van der Waals surface area (Å²) in [5.41, 5.74) is 1.54. The zero-order chi connectivity index (χ0) is 43.5. The number of allylic oxidation sites excluding steroid dienone is 1. The van der Waals surface area contributed by atoms with Gasteiger partial charge in [-0.25, -0.2) is 0 Å². The van der Waals surface area contributed by atoms with E-state index in [1.165, 1.54) is 31.8 Å². The number of nitrogens with one attached hydrogen (secondary N) is 1. The van der Waals surface area contributed by atoms with Gasteiger partial charge in [0.15, 0.2) is 18.9 Å². The highest BCUT2D eigenvalue weighted by atomic mass is 16.7. The summed E-state index contributed by atoms with van der Waals surface area (Å²) >= 11 is 0. The lowest BCUT2D eigenvalue weighted by atomic mass is 9.47. The maximum Gasteiger partial charge on any atom is 0.187 e. The Balaban J connectivity index is 0.801. The van der Waals surface area contributed by atoms with Gasteiger partial charge in [-0.15, -0.1) is 0 Å². The fourth-order valence-corrected chi connectivity index (χ4v) is 14.1. The zero-order valence-electron chi connectivity index (χ0n) is 36.6. The summed E-state index contributed by atoms with van der Waals surface area (Å²) in [5, 5.41) is 89.4. The van der Waals surface area contributed by atoms with Gasteiger partial charge in [0.25, 0.3) is 0 Å². The minimum Gasteiger partial charge on any atom is -0.388 e. The molecule has 26 atom stereocenters. The molecular formula is C45H73NO15. The van der Waals surface area contributed by atoms with Crippen molar-refractivity contribution in [2.75, 3.05) is 13.2 Å². The largest absolute Gasteiger partial charge is 0.388 e. The van der Waals surface area contributed by atoms with Gasteiger partial charge in [-0.3, -0.25) is 5.32 Å². The third-order valence-electron chi connectivity index (χ3n) is 17.8. The highest BCUT2D eigenvalue weighted by Gasteiger charge is 2.68. The number of ether oxygens (including phenoxy) is 7. The molecule has 3 saturated carbocycles. The number of piperidine rings is 1. The Morgan fingerprint density at radius 3 is 2.11 bits per heavy atom. The molecule has 4 aliphatic carbocycles. The van der Waals surface area contributed by atoms with Crippen molar-refractivity contribution in [1.82, 2.24) is 5.32 Å². The van der Waals surface area contributed by atoms with Gasteiger partial charge in [-0.05, 0) is 112 Å². The lowest BCUT2D eigenvalue weighted by Crippen LogP contribution is -2.63. The molecule has 9 rings (SSSR count). The average Bonchev–Trinajstić information content (AvgIpc) is 3.68. The SMILES string of the molecule is CC1CCC2(NC1)OC1CC3C4CC=C5CC(OC6OC(COC7OC(C)C(OC8OC(C)C(O)C(O)C8O)C(O)C7O)C(O)C(O)C6O)CCC5(C)C4CCC3(C)C1C2C. The Labute approximate surface area is 359 Å². The second-order valence-electron chi connectivity index (χ2n) is 21.2. The molecule has 0 radical (unpaired) electrons. The van der Waals surface area contributed by atoms with Crippen LogP contribution in [0.25, 0.3) is 0 Å². The minimum absolute atomic E-state index is 0.0483. The maximum absolute atomic E-state index is 11.0. The monoisotopic (exact) mass is 867 g/mol. The van der Waals surface area contributed by atoms with Gasteiger partial charge < -0.3 is 74.0 Å². The first-order valence-electron chi connectivity index (χ1n) is 23.3. The molecule has 0 aromatic heterocycles. The summed E-state index contributed by atoms with van der Waals surface area (Å²) in [6.45, 7) is 13.5. The molecule has 348 valence electrons. The average molecular weight is 868 g/mol.